The highest BCUT2D eigenvalue weighted by Crippen LogP contribution is 2.28. The summed E-state index contributed by atoms with van der Waals surface area (Å²) in [6.45, 7) is 0.791. The SMILES string of the molecule is O=C(Nc1on[n+](N2CCN(S(=O)(=O)c3ccc(Cl)cc3Cl)CC2)c1Cl)Oc1ccc2ccccc2c1. The number of hydrogen-bond donors (Lipinski definition) is 1. The molecule has 0 atom stereocenters. The average molecular weight is 584 g/mol. The van der Waals surface area contributed by atoms with Crippen molar-refractivity contribution in [2.24, 2.45) is 0 Å². The first-order valence-corrected chi connectivity index (χ1v) is 13.6. The van der Waals surface area contributed by atoms with E-state index in [0.717, 1.165) is 10.8 Å². The van der Waals surface area contributed by atoms with Crippen molar-refractivity contribution in [3.8, 4) is 5.75 Å². The molecule has 0 unspecified atom stereocenters. The van der Waals surface area contributed by atoms with E-state index in [1.807, 2.05) is 30.3 Å². The molecule has 3 aromatic carbocycles. The Bertz CT molecular complexity index is 1590. The molecule has 1 aromatic heterocycles. The minimum atomic E-state index is -3.82. The summed E-state index contributed by atoms with van der Waals surface area (Å²) in [7, 11) is -3.82. The molecular weight excluding hydrogens is 565 g/mol. The van der Waals surface area contributed by atoms with Crippen LogP contribution in [0.1, 0.15) is 0 Å². The third-order valence-corrected chi connectivity index (χ3v) is 8.65. The molecule has 1 saturated heterocycles. The van der Waals surface area contributed by atoms with Gasteiger partial charge in [-0.15, -0.1) is 5.01 Å². The highest BCUT2D eigenvalue weighted by Gasteiger charge is 2.36. The number of rotatable bonds is 5. The Labute approximate surface area is 226 Å². The Morgan fingerprint density at radius 1 is 0.973 bits per heavy atom. The largest absolute Gasteiger partial charge is 0.419 e. The predicted octanol–water partition coefficient (Wildman–Crippen LogP) is 4.33. The normalized spacial score (nSPS) is 14.6. The highest BCUT2D eigenvalue weighted by molar-refractivity contribution is 7.89. The smallest absolute Gasteiger partial charge is 0.410 e. The lowest BCUT2D eigenvalue weighted by Gasteiger charge is -2.29. The van der Waals surface area contributed by atoms with E-state index in [-0.39, 0.29) is 47.1 Å². The van der Waals surface area contributed by atoms with Gasteiger partial charge in [0, 0.05) is 29.7 Å². The molecule has 2 heterocycles. The third kappa shape index (κ3) is 5.32. The van der Waals surface area contributed by atoms with Crippen LogP contribution in [0.3, 0.4) is 0 Å². The molecule has 1 fully saturated rings. The van der Waals surface area contributed by atoms with Gasteiger partial charge < -0.3 is 4.74 Å². The van der Waals surface area contributed by atoms with Crippen LogP contribution in [0.5, 0.6) is 5.75 Å². The van der Waals surface area contributed by atoms with Gasteiger partial charge in [-0.1, -0.05) is 53.5 Å². The second kappa shape index (κ2) is 10.3. The molecule has 192 valence electrons. The van der Waals surface area contributed by atoms with Gasteiger partial charge >= 0.3 is 17.1 Å². The van der Waals surface area contributed by atoms with Crippen LogP contribution in [-0.2, 0) is 10.0 Å². The van der Waals surface area contributed by atoms with Crippen molar-refractivity contribution >= 4 is 67.6 Å². The number of ether oxygens (including phenoxy) is 1. The molecule has 1 N–H and O–H groups in total. The van der Waals surface area contributed by atoms with E-state index in [9.17, 15) is 13.2 Å². The van der Waals surface area contributed by atoms with Crippen molar-refractivity contribution in [3.63, 3.8) is 0 Å². The second-order valence-electron chi connectivity index (χ2n) is 8.04. The molecule has 1 aliphatic rings. The lowest BCUT2D eigenvalue weighted by atomic mass is 10.1. The zero-order chi connectivity index (χ0) is 26.2. The van der Waals surface area contributed by atoms with Crippen molar-refractivity contribution in [2.75, 3.05) is 36.5 Å². The number of carbonyl (C=O) groups excluding carboxylic acids is 1. The number of halogens is 3. The van der Waals surface area contributed by atoms with Gasteiger partial charge in [-0.05, 0) is 41.1 Å². The van der Waals surface area contributed by atoms with E-state index < -0.39 is 16.1 Å². The maximum absolute atomic E-state index is 13.0. The van der Waals surface area contributed by atoms with Crippen LogP contribution in [0.4, 0.5) is 10.7 Å². The maximum atomic E-state index is 13.0. The Kier molecular flexibility index (Phi) is 7.15. The first-order valence-electron chi connectivity index (χ1n) is 11.0. The third-order valence-electron chi connectivity index (χ3n) is 5.71. The first-order chi connectivity index (χ1) is 17.7. The summed E-state index contributed by atoms with van der Waals surface area (Å²) in [4.78, 5) is 13.6. The summed E-state index contributed by atoms with van der Waals surface area (Å²) in [6, 6.07) is 17.2. The molecule has 37 heavy (non-hydrogen) atoms. The van der Waals surface area contributed by atoms with Crippen LogP contribution in [0.2, 0.25) is 15.2 Å². The number of nitrogens with one attached hydrogen (secondary N) is 1. The Balaban J connectivity index is 1.22. The number of amides is 1. The minimum Gasteiger partial charge on any atom is -0.410 e. The van der Waals surface area contributed by atoms with Gasteiger partial charge in [0.25, 0.3) is 0 Å². The molecule has 0 saturated carbocycles. The minimum absolute atomic E-state index is 0.00693. The summed E-state index contributed by atoms with van der Waals surface area (Å²) in [5, 5.41) is 10.3. The number of benzene rings is 3. The average Bonchev–Trinajstić information content (AvgIpc) is 3.23. The number of carbonyl (C=O) groups is 1. The fourth-order valence-corrected chi connectivity index (χ4v) is 6.27. The van der Waals surface area contributed by atoms with Crippen LogP contribution >= 0.6 is 34.8 Å². The molecule has 10 nitrogen and oxygen atoms in total. The van der Waals surface area contributed by atoms with E-state index in [1.54, 1.807) is 17.1 Å². The van der Waals surface area contributed by atoms with Gasteiger partial charge in [-0.3, -0.25) is 9.84 Å². The van der Waals surface area contributed by atoms with Crippen molar-refractivity contribution in [2.45, 2.75) is 4.90 Å². The zero-order valence-electron chi connectivity index (χ0n) is 19.0. The van der Waals surface area contributed by atoms with Gasteiger partial charge in [-0.2, -0.15) is 4.31 Å². The molecule has 1 amide bonds. The van der Waals surface area contributed by atoms with Gasteiger partial charge in [0.1, 0.15) is 10.6 Å². The number of hydrogen-bond acceptors (Lipinski definition) is 7. The second-order valence-corrected chi connectivity index (χ2v) is 11.1. The maximum Gasteiger partial charge on any atom is 0.419 e. The molecule has 0 spiro atoms. The predicted molar refractivity (Wildman–Crippen MR) is 138 cm³/mol. The van der Waals surface area contributed by atoms with E-state index in [1.165, 1.54) is 27.3 Å². The monoisotopic (exact) mass is 582 g/mol. The van der Waals surface area contributed by atoms with Crippen molar-refractivity contribution < 1.29 is 27.3 Å². The summed E-state index contributed by atoms with van der Waals surface area (Å²) in [6.07, 6.45) is -0.809. The van der Waals surface area contributed by atoms with Crippen molar-refractivity contribution in [1.82, 2.24) is 9.58 Å². The van der Waals surface area contributed by atoms with Crippen LogP contribution < -0.4 is 19.9 Å². The molecular formula is C23H19Cl3N5O5S+. The lowest BCUT2D eigenvalue weighted by Crippen LogP contribution is -2.66. The van der Waals surface area contributed by atoms with E-state index in [0.29, 0.717) is 10.8 Å². The Morgan fingerprint density at radius 2 is 1.70 bits per heavy atom. The fourth-order valence-electron chi connectivity index (χ4n) is 3.88. The number of aromatic nitrogens is 2. The number of fused-ring (bicyclic) bond motifs is 1. The van der Waals surface area contributed by atoms with E-state index >= 15 is 0 Å². The van der Waals surface area contributed by atoms with Gasteiger partial charge in [0.05, 0.1) is 22.9 Å². The number of sulfonamides is 1. The molecule has 0 radical (unpaired) electrons. The molecule has 1 aliphatic heterocycles. The highest BCUT2D eigenvalue weighted by atomic mass is 35.5. The van der Waals surface area contributed by atoms with Gasteiger partial charge in [-0.25, -0.2) is 13.2 Å². The van der Waals surface area contributed by atoms with Crippen molar-refractivity contribution in [3.05, 3.63) is 75.9 Å². The van der Waals surface area contributed by atoms with Crippen LogP contribution in [0.15, 0.2) is 70.1 Å². The van der Waals surface area contributed by atoms with Crippen molar-refractivity contribution in [1.29, 1.82) is 0 Å². The number of nitrogens with zero attached hydrogens (tertiary/aromatic N) is 4. The molecule has 14 heteroatoms. The number of anilines is 1. The number of piperazine rings is 1. The molecule has 4 aromatic rings. The molecule has 0 bridgehead atoms. The first kappa shape index (κ1) is 25.6. The van der Waals surface area contributed by atoms with Crippen LogP contribution in [0, 0.1) is 0 Å². The van der Waals surface area contributed by atoms with Gasteiger partial charge in [0.15, 0.2) is 0 Å². The van der Waals surface area contributed by atoms with Gasteiger partial charge in [0.2, 0.25) is 15.3 Å². The van der Waals surface area contributed by atoms with E-state index in [4.69, 9.17) is 44.1 Å². The zero-order valence-corrected chi connectivity index (χ0v) is 22.1. The standard InChI is InChI=1S/C23H18Cl3N5O5S/c24-17-6-8-20(19(25)14-17)37(33,34)30-11-9-29(10-12-30)31-21(26)22(36-28-31)27-23(32)35-18-7-5-15-3-1-2-4-16(15)13-18/h1-8,13-14H,9-12H2/p+1. The summed E-state index contributed by atoms with van der Waals surface area (Å²) in [5.74, 6) is 0.230. The summed E-state index contributed by atoms with van der Waals surface area (Å²) < 4.78 is 37.9. The lowest BCUT2D eigenvalue weighted by molar-refractivity contribution is -0.757. The molecule has 0 aliphatic carbocycles. The summed E-state index contributed by atoms with van der Waals surface area (Å²) in [5.41, 5.74) is 0. The van der Waals surface area contributed by atoms with Crippen LogP contribution in [-0.4, -0.2) is 50.3 Å². The Hall–Kier alpha value is -3.09. The topological polar surface area (TPSA) is 109 Å². The Morgan fingerprint density at radius 3 is 2.43 bits per heavy atom. The van der Waals surface area contributed by atoms with E-state index in [2.05, 4.69) is 10.6 Å². The molecule has 5 rings (SSSR count). The van der Waals surface area contributed by atoms with Crippen LogP contribution in [0.25, 0.3) is 10.8 Å². The fraction of sp³-hybridized carbons (Fsp3) is 0.174. The summed E-state index contributed by atoms with van der Waals surface area (Å²) >= 11 is 18.4. The quantitative estimate of drug-likeness (QED) is 0.348.